The van der Waals surface area contributed by atoms with Gasteiger partial charge in [0.15, 0.2) is 5.69 Å². The number of hydrogen-bond acceptors (Lipinski definition) is 7. The maximum atomic E-state index is 13.0. The highest BCUT2D eigenvalue weighted by atomic mass is 32.1. The van der Waals surface area contributed by atoms with E-state index in [9.17, 15) is 9.59 Å². The van der Waals surface area contributed by atoms with Crippen molar-refractivity contribution in [3.05, 3.63) is 33.5 Å². The standard InChI is InChI=1S/C22H30N4O4S/c1-4-26-18-15(9-22(12-23-19(18)27)5-7-29-8-6-22)16(25-26)10-21(2,3)13-30-20(28)17-11-31-14-24-17/h11,14H,4-10,12-13H2,1-3H3,(H,23,27). The molecule has 8 nitrogen and oxygen atoms in total. The zero-order valence-corrected chi connectivity index (χ0v) is 19.2. The van der Waals surface area contributed by atoms with E-state index in [4.69, 9.17) is 14.6 Å². The van der Waals surface area contributed by atoms with Crippen LogP contribution in [0.3, 0.4) is 0 Å². The number of thiazole rings is 1. The van der Waals surface area contributed by atoms with E-state index in [1.165, 1.54) is 11.3 Å². The van der Waals surface area contributed by atoms with Crippen LogP contribution in [0.25, 0.3) is 0 Å². The SMILES string of the molecule is CCn1nc(CC(C)(C)COC(=O)c2cscn2)c2c1C(=O)NCC1(CCOCC1)C2. The van der Waals surface area contributed by atoms with E-state index in [1.807, 2.05) is 11.6 Å². The van der Waals surface area contributed by atoms with Crippen molar-refractivity contribution in [2.75, 3.05) is 26.4 Å². The third-order valence-corrected chi connectivity index (χ3v) is 6.85. The average Bonchev–Trinajstić information content (AvgIpc) is 3.37. The van der Waals surface area contributed by atoms with Crippen molar-refractivity contribution < 1.29 is 19.1 Å². The number of hydrogen-bond donors (Lipinski definition) is 1. The zero-order valence-electron chi connectivity index (χ0n) is 18.4. The molecule has 0 unspecified atom stereocenters. The molecule has 2 aromatic rings. The second-order valence-corrected chi connectivity index (χ2v) is 10.1. The second kappa shape index (κ2) is 8.70. The molecule has 4 heterocycles. The third kappa shape index (κ3) is 4.67. The molecule has 1 saturated heterocycles. The van der Waals surface area contributed by atoms with Crippen molar-refractivity contribution in [2.45, 2.75) is 53.0 Å². The molecule has 2 aliphatic heterocycles. The molecule has 0 radical (unpaired) electrons. The fourth-order valence-corrected chi connectivity index (χ4v) is 4.98. The molecule has 9 heteroatoms. The first kappa shape index (κ1) is 22.0. The lowest BCUT2D eigenvalue weighted by Crippen LogP contribution is -2.40. The van der Waals surface area contributed by atoms with E-state index in [-0.39, 0.29) is 23.3 Å². The van der Waals surface area contributed by atoms with Gasteiger partial charge in [0.05, 0.1) is 17.8 Å². The number of esters is 1. The topological polar surface area (TPSA) is 95.3 Å². The molecule has 2 aromatic heterocycles. The number of carbonyl (C=O) groups is 2. The number of rotatable bonds is 6. The molecule has 4 rings (SSSR count). The smallest absolute Gasteiger partial charge is 0.357 e. The van der Waals surface area contributed by atoms with Crippen LogP contribution in [0, 0.1) is 10.8 Å². The van der Waals surface area contributed by atoms with Gasteiger partial charge in [0, 0.05) is 49.1 Å². The molecule has 1 fully saturated rings. The normalized spacial score (nSPS) is 18.4. The van der Waals surface area contributed by atoms with Gasteiger partial charge in [-0.2, -0.15) is 5.10 Å². The van der Waals surface area contributed by atoms with E-state index >= 15 is 0 Å². The quantitative estimate of drug-likeness (QED) is 0.686. The molecule has 1 spiro atoms. The van der Waals surface area contributed by atoms with E-state index in [2.05, 4.69) is 24.1 Å². The van der Waals surface area contributed by atoms with Crippen LogP contribution in [0.15, 0.2) is 10.9 Å². The maximum absolute atomic E-state index is 13.0. The first-order valence-electron chi connectivity index (χ1n) is 10.8. The van der Waals surface area contributed by atoms with Gasteiger partial charge in [-0.05, 0) is 31.6 Å². The van der Waals surface area contributed by atoms with Crippen molar-refractivity contribution in [3.63, 3.8) is 0 Å². The zero-order chi connectivity index (χ0) is 22.1. The molecule has 0 aliphatic carbocycles. The Labute approximate surface area is 186 Å². The summed E-state index contributed by atoms with van der Waals surface area (Å²) in [5.41, 5.74) is 4.27. The predicted octanol–water partition coefficient (Wildman–Crippen LogP) is 2.87. The number of aromatic nitrogens is 3. The van der Waals surface area contributed by atoms with Crippen molar-refractivity contribution in [1.29, 1.82) is 0 Å². The first-order chi connectivity index (χ1) is 14.8. The number of ether oxygens (including phenoxy) is 2. The largest absolute Gasteiger partial charge is 0.460 e. The van der Waals surface area contributed by atoms with Crippen LogP contribution in [0.1, 0.15) is 65.8 Å². The Balaban J connectivity index is 1.57. The maximum Gasteiger partial charge on any atom is 0.357 e. The number of nitrogens with one attached hydrogen (secondary N) is 1. The molecule has 1 amide bonds. The molecular formula is C22H30N4O4S. The third-order valence-electron chi connectivity index (χ3n) is 6.26. The van der Waals surface area contributed by atoms with Gasteiger partial charge >= 0.3 is 5.97 Å². The number of aryl methyl sites for hydroxylation is 1. The Morgan fingerprint density at radius 2 is 2.16 bits per heavy atom. The summed E-state index contributed by atoms with van der Waals surface area (Å²) in [5.74, 6) is -0.459. The van der Waals surface area contributed by atoms with Gasteiger partial charge in [0.2, 0.25) is 0 Å². The minimum absolute atomic E-state index is 0.0107. The lowest BCUT2D eigenvalue weighted by atomic mass is 9.74. The number of carbonyl (C=O) groups excluding carboxylic acids is 2. The molecule has 0 aromatic carbocycles. The summed E-state index contributed by atoms with van der Waals surface area (Å²) in [6.45, 7) is 9.11. The highest BCUT2D eigenvalue weighted by Crippen LogP contribution is 2.38. The minimum atomic E-state index is -0.409. The second-order valence-electron chi connectivity index (χ2n) is 9.35. The van der Waals surface area contributed by atoms with Crippen LogP contribution < -0.4 is 5.32 Å². The number of fused-ring (bicyclic) bond motifs is 1. The summed E-state index contributed by atoms with van der Waals surface area (Å²) in [4.78, 5) is 29.2. The summed E-state index contributed by atoms with van der Waals surface area (Å²) in [5, 5.41) is 9.64. The van der Waals surface area contributed by atoms with Gasteiger partial charge in [0.25, 0.3) is 5.91 Å². The summed E-state index contributed by atoms with van der Waals surface area (Å²) < 4.78 is 12.9. The predicted molar refractivity (Wildman–Crippen MR) is 116 cm³/mol. The Kier molecular flexibility index (Phi) is 6.16. The van der Waals surface area contributed by atoms with Crippen molar-refractivity contribution in [2.24, 2.45) is 10.8 Å². The highest BCUT2D eigenvalue weighted by molar-refractivity contribution is 7.07. The summed E-state index contributed by atoms with van der Waals surface area (Å²) in [6, 6.07) is 0. The fourth-order valence-electron chi connectivity index (χ4n) is 4.46. The van der Waals surface area contributed by atoms with Crippen LogP contribution in [0.4, 0.5) is 0 Å². The lowest BCUT2D eigenvalue weighted by molar-refractivity contribution is 0.0159. The van der Waals surface area contributed by atoms with Gasteiger partial charge in [-0.3, -0.25) is 9.48 Å². The highest BCUT2D eigenvalue weighted by Gasteiger charge is 2.40. The molecule has 0 atom stereocenters. The van der Waals surface area contributed by atoms with Crippen molar-refractivity contribution in [1.82, 2.24) is 20.1 Å². The lowest BCUT2D eigenvalue weighted by Gasteiger charge is -2.36. The first-order valence-corrected chi connectivity index (χ1v) is 11.8. The molecule has 1 N–H and O–H groups in total. The molecule has 2 aliphatic rings. The van der Waals surface area contributed by atoms with Crippen LogP contribution >= 0.6 is 11.3 Å². The van der Waals surface area contributed by atoms with E-state index in [1.54, 1.807) is 10.9 Å². The van der Waals surface area contributed by atoms with E-state index in [0.717, 1.165) is 43.7 Å². The monoisotopic (exact) mass is 446 g/mol. The van der Waals surface area contributed by atoms with Gasteiger partial charge in [0.1, 0.15) is 5.69 Å². The molecule has 31 heavy (non-hydrogen) atoms. The Hall–Kier alpha value is -2.26. The van der Waals surface area contributed by atoms with Crippen LogP contribution in [-0.4, -0.2) is 53.0 Å². The fraction of sp³-hybridized carbons (Fsp3) is 0.636. The number of amides is 1. The Bertz CT molecular complexity index is 945. The molecular weight excluding hydrogens is 416 g/mol. The van der Waals surface area contributed by atoms with Gasteiger partial charge in [-0.15, -0.1) is 11.3 Å². The van der Waals surface area contributed by atoms with E-state index < -0.39 is 5.97 Å². The van der Waals surface area contributed by atoms with Crippen LogP contribution in [0.5, 0.6) is 0 Å². The Morgan fingerprint density at radius 1 is 1.39 bits per heavy atom. The summed E-state index contributed by atoms with van der Waals surface area (Å²) in [6.07, 6.45) is 3.29. The van der Waals surface area contributed by atoms with E-state index in [0.29, 0.717) is 30.9 Å². The van der Waals surface area contributed by atoms with Gasteiger partial charge in [-0.1, -0.05) is 13.8 Å². The minimum Gasteiger partial charge on any atom is -0.460 e. The van der Waals surface area contributed by atoms with Gasteiger partial charge < -0.3 is 14.8 Å². The van der Waals surface area contributed by atoms with Gasteiger partial charge in [-0.25, -0.2) is 9.78 Å². The molecule has 0 saturated carbocycles. The molecule has 168 valence electrons. The van der Waals surface area contributed by atoms with Crippen LogP contribution in [0.2, 0.25) is 0 Å². The summed E-state index contributed by atoms with van der Waals surface area (Å²) >= 11 is 1.37. The van der Waals surface area contributed by atoms with Crippen molar-refractivity contribution >= 4 is 23.2 Å². The molecule has 0 bridgehead atoms. The van der Waals surface area contributed by atoms with Crippen LogP contribution in [-0.2, 0) is 28.9 Å². The average molecular weight is 447 g/mol. The number of nitrogens with zero attached hydrogens (tertiary/aromatic N) is 3. The Morgan fingerprint density at radius 3 is 2.84 bits per heavy atom. The summed E-state index contributed by atoms with van der Waals surface area (Å²) in [7, 11) is 0. The van der Waals surface area contributed by atoms with Crippen molar-refractivity contribution in [3.8, 4) is 0 Å².